The molecule has 2 rings (SSSR count). The van der Waals surface area contributed by atoms with Crippen LogP contribution >= 0.6 is 27.3 Å². The highest BCUT2D eigenvalue weighted by molar-refractivity contribution is 9.10. The molecule has 0 atom stereocenters. The first kappa shape index (κ1) is 14.2. The lowest BCUT2D eigenvalue weighted by atomic mass is 10.1. The van der Waals surface area contributed by atoms with Crippen molar-refractivity contribution in [3.63, 3.8) is 0 Å². The first-order valence-corrected chi connectivity index (χ1v) is 7.31. The Labute approximate surface area is 123 Å². The van der Waals surface area contributed by atoms with Gasteiger partial charge in [-0.1, -0.05) is 28.1 Å². The number of thiazole rings is 1. The minimum absolute atomic E-state index is 0.442. The van der Waals surface area contributed by atoms with Crippen LogP contribution in [0.2, 0.25) is 0 Å². The number of carbonyl (C=O) groups is 1. The molecule has 2 N–H and O–H groups in total. The molecule has 1 aromatic heterocycles. The van der Waals surface area contributed by atoms with E-state index in [1.54, 1.807) is 0 Å². The molecule has 2 aromatic rings. The third kappa shape index (κ3) is 3.86. The molecular weight excluding hydrogens is 328 g/mol. The number of aliphatic hydroxyl groups is 1. The first-order chi connectivity index (χ1) is 9.08. The Balaban J connectivity index is 2.15. The van der Waals surface area contributed by atoms with Gasteiger partial charge in [-0.2, -0.15) is 0 Å². The van der Waals surface area contributed by atoms with Gasteiger partial charge in [0.2, 0.25) is 0 Å². The molecule has 100 valence electrons. The Kier molecular flexibility index (Phi) is 4.68. The summed E-state index contributed by atoms with van der Waals surface area (Å²) in [5.41, 5.74) is 2.08. The van der Waals surface area contributed by atoms with Gasteiger partial charge in [0.15, 0.2) is 5.13 Å². The number of amides is 1. The number of hydrogen-bond donors (Lipinski definition) is 2. The van der Waals surface area contributed by atoms with E-state index in [2.05, 4.69) is 38.4 Å². The highest BCUT2D eigenvalue weighted by atomic mass is 79.9. The first-order valence-electron chi connectivity index (χ1n) is 5.70. The molecule has 1 amide bonds. The van der Waals surface area contributed by atoms with E-state index in [-0.39, 0.29) is 0 Å². The Morgan fingerprint density at radius 2 is 2.32 bits per heavy atom. The predicted molar refractivity (Wildman–Crippen MR) is 79.5 cm³/mol. The van der Waals surface area contributed by atoms with Gasteiger partial charge in [-0.25, -0.2) is 4.98 Å². The maximum Gasteiger partial charge on any atom is 0.251 e. The molecule has 0 radical (unpaired) electrons. The summed E-state index contributed by atoms with van der Waals surface area (Å²) in [6.07, 6.45) is 0.776. The van der Waals surface area contributed by atoms with Crippen LogP contribution in [0.15, 0.2) is 28.7 Å². The normalized spacial score (nSPS) is 10.5. The largest absolute Gasteiger partial charge is 0.387 e. The average molecular weight is 341 g/mol. The van der Waals surface area contributed by atoms with Crippen molar-refractivity contribution in [1.82, 2.24) is 4.98 Å². The second-order valence-corrected chi connectivity index (χ2v) is 6.04. The van der Waals surface area contributed by atoms with Crippen molar-refractivity contribution in [2.75, 3.05) is 11.9 Å². The molecular formula is C13H13BrN2O2S. The quantitative estimate of drug-likeness (QED) is 0.899. The lowest BCUT2D eigenvalue weighted by molar-refractivity contribution is -0.118. The van der Waals surface area contributed by atoms with Crippen LogP contribution in [-0.4, -0.2) is 22.6 Å². The molecule has 1 aromatic carbocycles. The minimum Gasteiger partial charge on any atom is -0.387 e. The van der Waals surface area contributed by atoms with E-state index in [4.69, 9.17) is 5.11 Å². The molecule has 0 aliphatic rings. The SMILES string of the molecule is Cc1nc(NC(=O)CO)sc1Cc1cccc(Br)c1. The van der Waals surface area contributed by atoms with Crippen LogP contribution in [0.25, 0.3) is 0 Å². The summed E-state index contributed by atoms with van der Waals surface area (Å²) < 4.78 is 1.04. The van der Waals surface area contributed by atoms with Crippen LogP contribution in [0, 0.1) is 6.92 Å². The molecule has 0 unspecified atom stereocenters. The monoisotopic (exact) mass is 340 g/mol. The molecule has 4 nitrogen and oxygen atoms in total. The minimum atomic E-state index is -0.528. The Hall–Kier alpha value is -1.24. The smallest absolute Gasteiger partial charge is 0.251 e. The van der Waals surface area contributed by atoms with Crippen LogP contribution in [0.5, 0.6) is 0 Å². The van der Waals surface area contributed by atoms with Crippen LogP contribution in [0.1, 0.15) is 16.1 Å². The topological polar surface area (TPSA) is 62.2 Å². The number of aromatic nitrogens is 1. The van der Waals surface area contributed by atoms with Crippen molar-refractivity contribution in [2.24, 2.45) is 0 Å². The van der Waals surface area contributed by atoms with Gasteiger partial charge in [-0.15, -0.1) is 11.3 Å². The molecule has 0 saturated carbocycles. The molecule has 0 spiro atoms. The lowest BCUT2D eigenvalue weighted by Gasteiger charge is -2.00. The number of hydrogen-bond acceptors (Lipinski definition) is 4. The number of aliphatic hydroxyl groups excluding tert-OH is 1. The number of rotatable bonds is 4. The molecule has 0 aliphatic heterocycles. The lowest BCUT2D eigenvalue weighted by Crippen LogP contribution is -2.15. The number of nitrogens with zero attached hydrogens (tertiary/aromatic N) is 1. The number of halogens is 1. The van der Waals surface area contributed by atoms with Gasteiger partial charge in [-0.05, 0) is 24.6 Å². The van der Waals surface area contributed by atoms with Crippen molar-refractivity contribution < 1.29 is 9.90 Å². The number of anilines is 1. The Morgan fingerprint density at radius 3 is 3.00 bits per heavy atom. The molecule has 0 bridgehead atoms. The average Bonchev–Trinajstić information content (AvgIpc) is 2.69. The van der Waals surface area contributed by atoms with Gasteiger partial charge in [0.25, 0.3) is 5.91 Å². The summed E-state index contributed by atoms with van der Waals surface area (Å²) in [4.78, 5) is 16.5. The highest BCUT2D eigenvalue weighted by Gasteiger charge is 2.10. The maximum absolute atomic E-state index is 11.1. The van der Waals surface area contributed by atoms with Gasteiger partial charge in [0.1, 0.15) is 6.61 Å². The fourth-order valence-corrected chi connectivity index (χ4v) is 3.10. The maximum atomic E-state index is 11.1. The Morgan fingerprint density at radius 1 is 1.53 bits per heavy atom. The van der Waals surface area contributed by atoms with Crippen LogP contribution in [0.3, 0.4) is 0 Å². The van der Waals surface area contributed by atoms with Gasteiger partial charge in [-0.3, -0.25) is 10.1 Å². The van der Waals surface area contributed by atoms with Crippen molar-refractivity contribution in [3.8, 4) is 0 Å². The molecule has 6 heteroatoms. The number of aryl methyl sites for hydroxylation is 1. The summed E-state index contributed by atoms with van der Waals surface area (Å²) in [5.74, 6) is -0.442. The zero-order valence-electron chi connectivity index (χ0n) is 10.3. The van der Waals surface area contributed by atoms with E-state index in [1.807, 2.05) is 19.1 Å². The summed E-state index contributed by atoms with van der Waals surface area (Å²) in [7, 11) is 0. The van der Waals surface area contributed by atoms with E-state index >= 15 is 0 Å². The number of nitrogens with one attached hydrogen (secondary N) is 1. The van der Waals surface area contributed by atoms with Crippen LogP contribution in [-0.2, 0) is 11.2 Å². The third-order valence-corrected chi connectivity index (χ3v) is 4.10. The van der Waals surface area contributed by atoms with Gasteiger partial charge in [0, 0.05) is 15.8 Å². The summed E-state index contributed by atoms with van der Waals surface area (Å²) in [6, 6.07) is 8.08. The van der Waals surface area contributed by atoms with E-state index in [0.29, 0.717) is 5.13 Å². The van der Waals surface area contributed by atoms with E-state index < -0.39 is 12.5 Å². The van der Waals surface area contributed by atoms with Crippen LogP contribution in [0.4, 0.5) is 5.13 Å². The zero-order valence-corrected chi connectivity index (χ0v) is 12.7. The van der Waals surface area contributed by atoms with E-state index in [9.17, 15) is 4.79 Å². The standard InChI is InChI=1S/C13H13BrN2O2S/c1-8-11(6-9-3-2-4-10(14)5-9)19-13(15-8)16-12(18)7-17/h2-5,17H,6-7H2,1H3,(H,15,16,18). The fourth-order valence-electron chi connectivity index (χ4n) is 1.64. The third-order valence-electron chi connectivity index (χ3n) is 2.54. The summed E-state index contributed by atoms with van der Waals surface area (Å²) in [6.45, 7) is 1.39. The van der Waals surface area contributed by atoms with E-state index in [1.165, 1.54) is 16.9 Å². The van der Waals surface area contributed by atoms with Gasteiger partial charge in [0.05, 0.1) is 5.69 Å². The predicted octanol–water partition coefficient (Wildman–Crippen LogP) is 2.74. The van der Waals surface area contributed by atoms with Crippen molar-refractivity contribution >= 4 is 38.3 Å². The molecule has 0 fully saturated rings. The van der Waals surface area contributed by atoms with Crippen molar-refractivity contribution in [1.29, 1.82) is 0 Å². The Bertz CT molecular complexity index is 598. The number of carbonyl (C=O) groups excluding carboxylic acids is 1. The molecule has 1 heterocycles. The number of benzene rings is 1. The van der Waals surface area contributed by atoms with Gasteiger partial charge < -0.3 is 5.11 Å². The summed E-state index contributed by atoms with van der Waals surface area (Å²) >= 11 is 4.88. The molecule has 19 heavy (non-hydrogen) atoms. The highest BCUT2D eigenvalue weighted by Crippen LogP contribution is 2.26. The zero-order chi connectivity index (χ0) is 13.8. The molecule has 0 aliphatic carbocycles. The fraction of sp³-hybridized carbons (Fsp3) is 0.231. The second kappa shape index (κ2) is 6.27. The molecule has 0 saturated heterocycles. The van der Waals surface area contributed by atoms with Gasteiger partial charge >= 0.3 is 0 Å². The van der Waals surface area contributed by atoms with E-state index in [0.717, 1.165) is 21.5 Å². The van der Waals surface area contributed by atoms with Crippen molar-refractivity contribution in [2.45, 2.75) is 13.3 Å². The van der Waals surface area contributed by atoms with Crippen molar-refractivity contribution in [3.05, 3.63) is 44.9 Å². The van der Waals surface area contributed by atoms with Crippen LogP contribution < -0.4 is 5.32 Å². The second-order valence-electron chi connectivity index (χ2n) is 4.04. The summed E-state index contributed by atoms with van der Waals surface area (Å²) in [5, 5.41) is 11.8.